The third-order valence-corrected chi connectivity index (χ3v) is 21.6. The van der Waals surface area contributed by atoms with Crippen molar-refractivity contribution in [3.63, 3.8) is 0 Å². The predicted octanol–water partition coefficient (Wildman–Crippen LogP) is 16.7. The van der Waals surface area contributed by atoms with E-state index in [1.54, 1.807) is 6.08 Å². The van der Waals surface area contributed by atoms with Crippen LogP contribution in [0.15, 0.2) is 97.2 Å². The SMILES string of the molecule is CC/C=C\C/C=C\C/C=C\C/C=C\C/C=C\CCCCCCCCCCCCCCCCCCCC(=O)NC(COC1OC(CO)C(OC2OC(CO)C(OC3OC(CO)C(O)C(O)C3O)C(O)C2O)C(O)C1O)C(O)/C=C/CC/C=C/CC/C=C/CCCCCCCCCCCCCCCCCCCCCCCC. The lowest BCUT2D eigenvalue weighted by Crippen LogP contribution is -2.66. The summed E-state index contributed by atoms with van der Waals surface area (Å²) in [6.07, 6.45) is 69.9. The molecule has 0 aromatic carbocycles. The van der Waals surface area contributed by atoms with E-state index in [1.807, 2.05) is 6.08 Å². The third kappa shape index (κ3) is 48.3. The highest BCUT2D eigenvalue weighted by Crippen LogP contribution is 2.33. The second kappa shape index (κ2) is 70.0. The van der Waals surface area contributed by atoms with E-state index in [9.17, 15) is 61.0 Å². The molecule has 3 saturated heterocycles. The molecule has 638 valence electrons. The van der Waals surface area contributed by atoms with Gasteiger partial charge in [0.25, 0.3) is 0 Å². The van der Waals surface area contributed by atoms with Gasteiger partial charge in [0.1, 0.15) is 73.2 Å². The number of carbonyl (C=O) groups is 1. The lowest BCUT2D eigenvalue weighted by atomic mass is 9.96. The Kier molecular flexibility index (Phi) is 64.2. The van der Waals surface area contributed by atoms with Crippen molar-refractivity contribution in [2.75, 3.05) is 26.4 Å². The zero-order valence-electron chi connectivity index (χ0n) is 68.7. The topological polar surface area (TPSA) is 307 Å². The number of aliphatic hydroxyl groups excluding tert-OH is 11. The lowest BCUT2D eigenvalue weighted by molar-refractivity contribution is -0.379. The van der Waals surface area contributed by atoms with E-state index >= 15 is 0 Å². The first-order chi connectivity index (χ1) is 53.8. The molecule has 0 spiro atoms. The van der Waals surface area contributed by atoms with Crippen LogP contribution in [-0.2, 0) is 33.2 Å². The van der Waals surface area contributed by atoms with Crippen molar-refractivity contribution in [2.24, 2.45) is 0 Å². The Balaban J connectivity index is 1.35. The average Bonchev–Trinajstić information content (AvgIpc) is 0.780. The van der Waals surface area contributed by atoms with Gasteiger partial charge in [0.15, 0.2) is 18.9 Å². The summed E-state index contributed by atoms with van der Waals surface area (Å²) in [7, 11) is 0. The van der Waals surface area contributed by atoms with Gasteiger partial charge in [-0.1, -0.05) is 342 Å². The van der Waals surface area contributed by atoms with Crippen LogP contribution in [-0.4, -0.2) is 193 Å². The Morgan fingerprint density at radius 2 is 0.636 bits per heavy atom. The fourth-order valence-electron chi connectivity index (χ4n) is 14.5. The van der Waals surface area contributed by atoms with Crippen molar-refractivity contribution in [1.82, 2.24) is 5.32 Å². The Morgan fingerprint density at radius 3 is 1.02 bits per heavy atom. The van der Waals surface area contributed by atoms with E-state index in [4.69, 9.17) is 28.4 Å². The largest absolute Gasteiger partial charge is 0.394 e. The van der Waals surface area contributed by atoms with Gasteiger partial charge in [0.2, 0.25) is 5.91 Å². The smallest absolute Gasteiger partial charge is 0.220 e. The van der Waals surface area contributed by atoms with Crippen molar-refractivity contribution >= 4 is 5.91 Å². The molecule has 19 nitrogen and oxygen atoms in total. The van der Waals surface area contributed by atoms with Crippen molar-refractivity contribution in [3.8, 4) is 0 Å². The molecule has 17 unspecified atom stereocenters. The molecule has 0 bridgehead atoms. The number of aliphatic hydroxyl groups is 11. The molecule has 0 radical (unpaired) electrons. The van der Waals surface area contributed by atoms with Gasteiger partial charge in [-0.2, -0.15) is 0 Å². The first-order valence-corrected chi connectivity index (χ1v) is 44.5. The number of amides is 1. The van der Waals surface area contributed by atoms with Crippen LogP contribution in [0.3, 0.4) is 0 Å². The molecule has 19 heteroatoms. The summed E-state index contributed by atoms with van der Waals surface area (Å²) in [6.45, 7) is 1.64. The molecule has 1 amide bonds. The fourth-order valence-corrected chi connectivity index (χ4v) is 14.5. The number of allylic oxidation sites excluding steroid dienone is 15. The minimum atomic E-state index is -1.99. The summed E-state index contributed by atoms with van der Waals surface area (Å²) < 4.78 is 34.5. The molecular weight excluding hydrogens is 1390 g/mol. The van der Waals surface area contributed by atoms with Crippen molar-refractivity contribution in [1.29, 1.82) is 0 Å². The second-order valence-electron chi connectivity index (χ2n) is 31.3. The summed E-state index contributed by atoms with van der Waals surface area (Å²) in [6, 6.07) is -1.00. The van der Waals surface area contributed by atoms with Crippen LogP contribution >= 0.6 is 0 Å². The van der Waals surface area contributed by atoms with E-state index in [0.29, 0.717) is 12.8 Å². The molecule has 0 aliphatic carbocycles. The molecule has 3 heterocycles. The maximum Gasteiger partial charge on any atom is 0.220 e. The summed E-state index contributed by atoms with van der Waals surface area (Å²) >= 11 is 0. The zero-order chi connectivity index (χ0) is 79.5. The minimum Gasteiger partial charge on any atom is -0.394 e. The van der Waals surface area contributed by atoms with Crippen molar-refractivity contribution in [3.05, 3.63) is 97.2 Å². The van der Waals surface area contributed by atoms with Crippen LogP contribution in [0.25, 0.3) is 0 Å². The van der Waals surface area contributed by atoms with Crippen LogP contribution in [0.5, 0.6) is 0 Å². The number of hydrogen-bond acceptors (Lipinski definition) is 18. The van der Waals surface area contributed by atoms with Gasteiger partial charge in [-0.05, 0) is 89.9 Å². The van der Waals surface area contributed by atoms with Gasteiger partial charge in [-0.15, -0.1) is 0 Å². The molecule has 3 fully saturated rings. The van der Waals surface area contributed by atoms with E-state index in [0.717, 1.165) is 77.0 Å². The van der Waals surface area contributed by atoms with Crippen molar-refractivity contribution in [2.45, 2.75) is 446 Å². The van der Waals surface area contributed by atoms with E-state index < -0.39 is 124 Å². The minimum absolute atomic E-state index is 0.229. The van der Waals surface area contributed by atoms with Crippen LogP contribution < -0.4 is 5.32 Å². The number of hydrogen-bond donors (Lipinski definition) is 12. The molecule has 0 saturated carbocycles. The summed E-state index contributed by atoms with van der Waals surface area (Å²) in [5.74, 6) is -0.288. The standard InChI is InChI=1S/C91H161NO18/c1-3-5-7-9-11-13-15-17-19-21-23-25-27-29-31-33-35-37-39-41-43-45-47-49-51-53-55-57-59-61-63-65-67-69-79(97)92-74(75(96)68-66-64-62-60-58-56-54-52-50-48-46-44-42-40-38-36-34-32-30-28-26-24-22-20-18-16-14-12-10-8-6-4-2)73-105-89-85(103)82(100)87(77(71-94)107-89)110-91-86(104)83(101)88(78(72-95)108-91)109-90-84(102)81(99)80(98)76(70-93)106-90/h5,7,11,13,17,19,23,25,29,31,50,52,58,60,66,68,74-78,80-91,93-96,98-104H,3-4,6,8-10,12,14-16,18,20-22,24,26-28,30,32-49,51,53-57,59,61-65,67,69-73H2,1-2H3,(H,92,97)/b7-5-,13-11-,19-17-,25-23-,31-29-,52-50+,60-58+,68-66+. The number of rotatable bonds is 71. The van der Waals surface area contributed by atoms with Crippen molar-refractivity contribution < 1.29 is 89.4 Å². The number of nitrogens with one attached hydrogen (secondary N) is 1. The van der Waals surface area contributed by atoms with Crippen LogP contribution in [0.4, 0.5) is 0 Å². The fraction of sp³-hybridized carbons (Fsp3) is 0.813. The first kappa shape index (κ1) is 101. The van der Waals surface area contributed by atoms with E-state index in [2.05, 4.69) is 104 Å². The summed E-state index contributed by atoms with van der Waals surface area (Å²) in [5, 5.41) is 121. The summed E-state index contributed by atoms with van der Waals surface area (Å²) in [5.41, 5.74) is 0. The maximum absolute atomic E-state index is 13.5. The first-order valence-electron chi connectivity index (χ1n) is 44.5. The molecule has 0 aromatic heterocycles. The number of ether oxygens (including phenoxy) is 6. The zero-order valence-corrected chi connectivity index (χ0v) is 68.7. The Bertz CT molecular complexity index is 2360. The molecule has 110 heavy (non-hydrogen) atoms. The van der Waals surface area contributed by atoms with Crippen LogP contribution in [0, 0.1) is 0 Å². The normalized spacial score (nSPS) is 25.6. The maximum atomic E-state index is 13.5. The average molecular weight is 1560 g/mol. The lowest BCUT2D eigenvalue weighted by Gasteiger charge is -2.48. The van der Waals surface area contributed by atoms with E-state index in [1.165, 1.54) is 231 Å². The number of unbranched alkanes of at least 4 members (excludes halogenated alkanes) is 41. The van der Waals surface area contributed by atoms with Crippen LogP contribution in [0.1, 0.15) is 341 Å². The number of carbonyl (C=O) groups excluding carboxylic acids is 1. The highest BCUT2D eigenvalue weighted by Gasteiger charge is 2.54. The molecule has 3 rings (SSSR count). The highest BCUT2D eigenvalue weighted by molar-refractivity contribution is 5.76. The van der Waals surface area contributed by atoms with Gasteiger partial charge in [0.05, 0.1) is 38.6 Å². The Hall–Kier alpha value is -3.29. The summed E-state index contributed by atoms with van der Waals surface area (Å²) in [4.78, 5) is 13.5. The molecule has 12 N–H and O–H groups in total. The quantitative estimate of drug-likeness (QED) is 0.0199. The van der Waals surface area contributed by atoms with E-state index in [-0.39, 0.29) is 18.9 Å². The predicted molar refractivity (Wildman–Crippen MR) is 443 cm³/mol. The highest BCUT2D eigenvalue weighted by atomic mass is 16.8. The third-order valence-electron chi connectivity index (χ3n) is 21.6. The monoisotopic (exact) mass is 1560 g/mol. The second-order valence-corrected chi connectivity index (χ2v) is 31.3. The van der Waals surface area contributed by atoms with Gasteiger partial charge in [-0.25, -0.2) is 0 Å². The van der Waals surface area contributed by atoms with Crippen LogP contribution in [0.2, 0.25) is 0 Å². The Labute approximate surface area is 666 Å². The molecule has 17 atom stereocenters. The van der Waals surface area contributed by atoms with Gasteiger partial charge in [0, 0.05) is 6.42 Å². The van der Waals surface area contributed by atoms with Gasteiger partial charge < -0.3 is 89.9 Å². The van der Waals surface area contributed by atoms with Gasteiger partial charge in [-0.3, -0.25) is 4.79 Å². The molecule has 3 aliphatic rings. The molecule has 3 aliphatic heterocycles. The molecular formula is C91H161NO18. The molecule has 0 aromatic rings. The van der Waals surface area contributed by atoms with Gasteiger partial charge >= 0.3 is 0 Å². The Morgan fingerprint density at radius 1 is 0.336 bits per heavy atom.